The van der Waals surface area contributed by atoms with Crippen molar-refractivity contribution < 1.29 is 13.2 Å². The van der Waals surface area contributed by atoms with Gasteiger partial charge >= 0.3 is 0 Å². The number of hydrogen-bond donors (Lipinski definition) is 1. The summed E-state index contributed by atoms with van der Waals surface area (Å²) < 4.78 is 31.8. The number of unbranched alkanes of at least 4 members (excludes halogenated alkanes) is 1. The molecule has 0 amide bonds. The summed E-state index contributed by atoms with van der Waals surface area (Å²) in [7, 11) is -3.23. The SMILES string of the molecule is CCCCS(=O)(=O)Nc1ccc(N2CCOCC2C)cc1. The summed E-state index contributed by atoms with van der Waals surface area (Å²) in [6, 6.07) is 7.90. The zero-order chi connectivity index (χ0) is 15.3. The second-order valence-corrected chi connectivity index (χ2v) is 7.28. The number of nitrogens with zero attached hydrogens (tertiary/aromatic N) is 1. The summed E-state index contributed by atoms with van der Waals surface area (Å²) in [5, 5.41) is 0. The molecule has 0 aliphatic carbocycles. The highest BCUT2D eigenvalue weighted by Gasteiger charge is 2.19. The molecule has 1 aliphatic heterocycles. The van der Waals surface area contributed by atoms with E-state index in [4.69, 9.17) is 4.74 Å². The van der Waals surface area contributed by atoms with E-state index in [1.807, 2.05) is 31.2 Å². The van der Waals surface area contributed by atoms with Gasteiger partial charge in [-0.2, -0.15) is 0 Å². The van der Waals surface area contributed by atoms with Crippen molar-refractivity contribution in [3.8, 4) is 0 Å². The minimum atomic E-state index is -3.23. The lowest BCUT2D eigenvalue weighted by Crippen LogP contribution is -2.43. The molecule has 21 heavy (non-hydrogen) atoms. The molecule has 1 fully saturated rings. The molecule has 0 bridgehead atoms. The number of ether oxygens (including phenoxy) is 1. The Bertz CT molecular complexity index is 543. The van der Waals surface area contributed by atoms with Crippen molar-refractivity contribution in [3.63, 3.8) is 0 Å². The molecule has 1 aromatic rings. The van der Waals surface area contributed by atoms with E-state index in [2.05, 4.69) is 16.5 Å². The zero-order valence-corrected chi connectivity index (χ0v) is 13.5. The van der Waals surface area contributed by atoms with Crippen LogP contribution in [-0.2, 0) is 14.8 Å². The Morgan fingerprint density at radius 2 is 2.05 bits per heavy atom. The molecule has 0 saturated carbocycles. The first-order chi connectivity index (χ1) is 10.0. The third-order valence-corrected chi connectivity index (χ3v) is 4.98. The normalized spacial score (nSPS) is 19.5. The largest absolute Gasteiger partial charge is 0.377 e. The molecule has 1 heterocycles. The Morgan fingerprint density at radius 1 is 1.33 bits per heavy atom. The van der Waals surface area contributed by atoms with E-state index in [0.717, 1.165) is 31.9 Å². The van der Waals surface area contributed by atoms with Crippen molar-refractivity contribution in [2.75, 3.05) is 35.1 Å². The summed E-state index contributed by atoms with van der Waals surface area (Å²) in [5.74, 6) is 0.172. The summed E-state index contributed by atoms with van der Waals surface area (Å²) in [6.45, 7) is 6.43. The van der Waals surface area contributed by atoms with Gasteiger partial charge in [0.2, 0.25) is 10.0 Å². The molecule has 1 atom stereocenters. The maximum Gasteiger partial charge on any atom is 0.232 e. The monoisotopic (exact) mass is 312 g/mol. The summed E-state index contributed by atoms with van der Waals surface area (Å²) in [5.41, 5.74) is 1.72. The number of rotatable bonds is 6. The van der Waals surface area contributed by atoms with E-state index in [-0.39, 0.29) is 5.75 Å². The van der Waals surface area contributed by atoms with E-state index >= 15 is 0 Å². The van der Waals surface area contributed by atoms with Crippen LogP contribution in [0.1, 0.15) is 26.7 Å². The lowest BCUT2D eigenvalue weighted by atomic mass is 10.2. The van der Waals surface area contributed by atoms with Gasteiger partial charge in [-0.3, -0.25) is 4.72 Å². The Hall–Kier alpha value is -1.27. The maximum absolute atomic E-state index is 11.9. The van der Waals surface area contributed by atoms with Gasteiger partial charge in [-0.15, -0.1) is 0 Å². The lowest BCUT2D eigenvalue weighted by molar-refractivity contribution is 0.0989. The van der Waals surface area contributed by atoms with Crippen LogP contribution in [0.4, 0.5) is 11.4 Å². The molecule has 0 radical (unpaired) electrons. The molecule has 2 rings (SSSR count). The van der Waals surface area contributed by atoms with Gasteiger partial charge < -0.3 is 9.64 Å². The molecule has 0 aromatic heterocycles. The molecule has 1 N–H and O–H groups in total. The van der Waals surface area contributed by atoms with Gasteiger partial charge in [0.1, 0.15) is 0 Å². The van der Waals surface area contributed by atoms with Crippen molar-refractivity contribution in [1.29, 1.82) is 0 Å². The van der Waals surface area contributed by atoms with E-state index in [1.165, 1.54) is 0 Å². The molecule has 1 aromatic carbocycles. The quantitative estimate of drug-likeness (QED) is 0.876. The number of morpholine rings is 1. The molecule has 1 aliphatic rings. The van der Waals surface area contributed by atoms with Crippen LogP contribution >= 0.6 is 0 Å². The number of benzene rings is 1. The number of anilines is 2. The van der Waals surface area contributed by atoms with Crippen molar-refractivity contribution in [2.24, 2.45) is 0 Å². The van der Waals surface area contributed by atoms with E-state index in [1.54, 1.807) is 0 Å². The van der Waals surface area contributed by atoms with Crippen LogP contribution in [0.2, 0.25) is 0 Å². The predicted octanol–water partition coefficient (Wildman–Crippen LogP) is 2.45. The fourth-order valence-electron chi connectivity index (χ4n) is 2.40. The van der Waals surface area contributed by atoms with E-state index < -0.39 is 10.0 Å². The molecular formula is C15H24N2O3S. The van der Waals surface area contributed by atoms with Gasteiger partial charge in [-0.05, 0) is 37.6 Å². The van der Waals surface area contributed by atoms with E-state index in [9.17, 15) is 8.42 Å². The smallest absolute Gasteiger partial charge is 0.232 e. The second-order valence-electron chi connectivity index (χ2n) is 5.44. The van der Waals surface area contributed by atoms with Crippen LogP contribution in [0, 0.1) is 0 Å². The lowest BCUT2D eigenvalue weighted by Gasteiger charge is -2.35. The molecule has 1 unspecified atom stereocenters. The van der Waals surface area contributed by atoms with Gasteiger partial charge in [-0.25, -0.2) is 8.42 Å². The zero-order valence-electron chi connectivity index (χ0n) is 12.7. The topological polar surface area (TPSA) is 58.6 Å². The van der Waals surface area contributed by atoms with Crippen LogP contribution in [0.3, 0.4) is 0 Å². The van der Waals surface area contributed by atoms with Crippen LogP contribution < -0.4 is 9.62 Å². The minimum absolute atomic E-state index is 0.172. The van der Waals surface area contributed by atoms with Crippen molar-refractivity contribution in [2.45, 2.75) is 32.7 Å². The van der Waals surface area contributed by atoms with E-state index in [0.29, 0.717) is 18.2 Å². The average molecular weight is 312 g/mol. The van der Waals surface area contributed by atoms with Crippen molar-refractivity contribution in [1.82, 2.24) is 0 Å². The average Bonchev–Trinajstić information content (AvgIpc) is 2.46. The standard InChI is InChI=1S/C15H24N2O3S/c1-3-4-11-21(18,19)16-14-5-7-15(8-6-14)17-9-10-20-12-13(17)2/h5-8,13,16H,3-4,9-12H2,1-2H3. The number of sulfonamides is 1. The van der Waals surface area contributed by atoms with Gasteiger partial charge in [0.25, 0.3) is 0 Å². The third-order valence-electron chi connectivity index (χ3n) is 3.61. The molecule has 0 spiro atoms. The van der Waals surface area contributed by atoms with Crippen LogP contribution in [0.5, 0.6) is 0 Å². The Balaban J connectivity index is 2.02. The van der Waals surface area contributed by atoms with Crippen LogP contribution in [0.15, 0.2) is 24.3 Å². The fraction of sp³-hybridized carbons (Fsp3) is 0.600. The number of hydrogen-bond acceptors (Lipinski definition) is 4. The second kappa shape index (κ2) is 7.13. The predicted molar refractivity (Wildman–Crippen MR) is 86.4 cm³/mol. The van der Waals surface area contributed by atoms with Crippen LogP contribution in [0.25, 0.3) is 0 Å². The van der Waals surface area contributed by atoms with Gasteiger partial charge in [-0.1, -0.05) is 13.3 Å². The van der Waals surface area contributed by atoms with Gasteiger partial charge in [0.05, 0.1) is 19.0 Å². The molecule has 1 saturated heterocycles. The Morgan fingerprint density at radius 3 is 2.67 bits per heavy atom. The number of nitrogens with one attached hydrogen (secondary N) is 1. The highest BCUT2D eigenvalue weighted by atomic mass is 32.2. The van der Waals surface area contributed by atoms with Crippen molar-refractivity contribution in [3.05, 3.63) is 24.3 Å². The molecule has 5 nitrogen and oxygen atoms in total. The molecule has 118 valence electrons. The highest BCUT2D eigenvalue weighted by Crippen LogP contribution is 2.22. The first kappa shape index (κ1) is 16.1. The first-order valence-corrected chi connectivity index (χ1v) is 9.12. The Kier molecular flexibility index (Phi) is 5.47. The van der Waals surface area contributed by atoms with Gasteiger partial charge in [0, 0.05) is 24.0 Å². The first-order valence-electron chi connectivity index (χ1n) is 7.47. The summed E-state index contributed by atoms with van der Waals surface area (Å²) in [6.07, 6.45) is 1.55. The fourth-order valence-corrected chi connectivity index (χ4v) is 3.66. The third kappa shape index (κ3) is 4.61. The highest BCUT2D eigenvalue weighted by molar-refractivity contribution is 7.92. The molecular weight excluding hydrogens is 288 g/mol. The molecule has 6 heteroatoms. The maximum atomic E-state index is 11.9. The van der Waals surface area contributed by atoms with Crippen molar-refractivity contribution >= 4 is 21.4 Å². The summed E-state index contributed by atoms with van der Waals surface area (Å²) in [4.78, 5) is 2.28. The van der Waals surface area contributed by atoms with Gasteiger partial charge in [0.15, 0.2) is 0 Å². The van der Waals surface area contributed by atoms with Crippen LogP contribution in [-0.4, -0.2) is 40.0 Å². The minimum Gasteiger partial charge on any atom is -0.377 e. The summed E-state index contributed by atoms with van der Waals surface area (Å²) >= 11 is 0. The Labute approximate surface area is 127 Å².